The Labute approximate surface area is 119 Å². The number of hydrogen-bond donors (Lipinski definition) is 1. The van der Waals surface area contributed by atoms with Crippen LogP contribution in [0.4, 0.5) is 0 Å². The predicted octanol–water partition coefficient (Wildman–Crippen LogP) is 3.87. The zero-order valence-corrected chi connectivity index (χ0v) is 12.2. The molecule has 2 rings (SSSR count). The maximum absolute atomic E-state index is 6.30. The van der Waals surface area contributed by atoms with Crippen LogP contribution in [0.2, 0.25) is 10.0 Å². The summed E-state index contributed by atoms with van der Waals surface area (Å²) >= 11 is 12.4. The van der Waals surface area contributed by atoms with Gasteiger partial charge in [-0.05, 0) is 31.5 Å². The molecule has 0 amide bonds. The van der Waals surface area contributed by atoms with E-state index in [0.29, 0.717) is 22.6 Å². The van der Waals surface area contributed by atoms with Gasteiger partial charge in [0.25, 0.3) is 0 Å². The molecule has 1 aromatic carbocycles. The average molecular weight is 287 g/mol. The quantitative estimate of drug-likeness (QED) is 0.911. The molecular weight excluding hydrogens is 267 g/mol. The zero-order chi connectivity index (χ0) is 13.1. The first kappa shape index (κ1) is 14.1. The van der Waals surface area contributed by atoms with Gasteiger partial charge in [-0.2, -0.15) is 0 Å². The van der Waals surface area contributed by atoms with E-state index < -0.39 is 0 Å². The molecule has 2 nitrogen and oxygen atoms in total. The van der Waals surface area contributed by atoms with E-state index in [1.54, 1.807) is 0 Å². The van der Waals surface area contributed by atoms with Gasteiger partial charge >= 0.3 is 0 Å². The minimum atomic E-state index is 0.152. The molecule has 0 aliphatic heterocycles. The molecular formula is C14H20Cl2N2. The molecule has 1 aliphatic carbocycles. The van der Waals surface area contributed by atoms with Crippen molar-refractivity contribution < 1.29 is 0 Å². The van der Waals surface area contributed by atoms with Crippen LogP contribution in [0.25, 0.3) is 0 Å². The first-order valence-electron chi connectivity index (χ1n) is 6.51. The van der Waals surface area contributed by atoms with Crippen molar-refractivity contribution in [2.24, 2.45) is 5.73 Å². The fraction of sp³-hybridized carbons (Fsp3) is 0.571. The lowest BCUT2D eigenvalue weighted by atomic mass is 10.0. The lowest BCUT2D eigenvalue weighted by Gasteiger charge is -2.33. The van der Waals surface area contributed by atoms with Crippen LogP contribution >= 0.6 is 23.2 Å². The van der Waals surface area contributed by atoms with Gasteiger partial charge < -0.3 is 5.73 Å². The van der Waals surface area contributed by atoms with Crippen molar-refractivity contribution in [2.75, 3.05) is 13.6 Å². The van der Waals surface area contributed by atoms with Crippen LogP contribution < -0.4 is 5.73 Å². The number of likely N-dealkylation sites (N-methyl/N-ethyl adjacent to an activating group) is 1. The van der Waals surface area contributed by atoms with E-state index in [9.17, 15) is 0 Å². The van der Waals surface area contributed by atoms with Gasteiger partial charge in [-0.15, -0.1) is 0 Å². The third kappa shape index (κ3) is 2.83. The van der Waals surface area contributed by atoms with E-state index in [4.69, 9.17) is 28.9 Å². The number of rotatable bonds is 4. The highest BCUT2D eigenvalue weighted by atomic mass is 35.5. The van der Waals surface area contributed by atoms with E-state index in [1.165, 1.54) is 25.7 Å². The Hall–Kier alpha value is -0.280. The van der Waals surface area contributed by atoms with Crippen molar-refractivity contribution in [3.05, 3.63) is 33.8 Å². The van der Waals surface area contributed by atoms with Crippen LogP contribution in [-0.4, -0.2) is 24.5 Å². The molecule has 1 saturated carbocycles. The number of halogens is 2. The normalized spacial score (nSPS) is 18.5. The molecule has 1 aromatic rings. The van der Waals surface area contributed by atoms with E-state index in [1.807, 2.05) is 18.2 Å². The molecule has 0 radical (unpaired) electrons. The van der Waals surface area contributed by atoms with Crippen molar-refractivity contribution in [2.45, 2.75) is 37.8 Å². The van der Waals surface area contributed by atoms with Crippen molar-refractivity contribution >= 4 is 23.2 Å². The van der Waals surface area contributed by atoms with Crippen LogP contribution in [0.3, 0.4) is 0 Å². The highest BCUT2D eigenvalue weighted by Gasteiger charge is 2.27. The van der Waals surface area contributed by atoms with Crippen molar-refractivity contribution in [3.8, 4) is 0 Å². The van der Waals surface area contributed by atoms with Gasteiger partial charge in [-0.3, -0.25) is 4.90 Å². The van der Waals surface area contributed by atoms with Crippen LogP contribution in [0.1, 0.15) is 37.3 Å². The molecule has 2 N–H and O–H groups in total. The van der Waals surface area contributed by atoms with Gasteiger partial charge in [0.15, 0.2) is 0 Å². The summed E-state index contributed by atoms with van der Waals surface area (Å²) in [6.45, 7) is 0.563. The average Bonchev–Trinajstić information content (AvgIpc) is 2.89. The van der Waals surface area contributed by atoms with E-state index in [0.717, 1.165) is 5.56 Å². The molecule has 0 heterocycles. The first-order valence-corrected chi connectivity index (χ1v) is 7.26. The molecule has 1 fully saturated rings. The first-order chi connectivity index (χ1) is 8.65. The molecule has 0 aromatic heterocycles. The molecule has 1 atom stereocenters. The van der Waals surface area contributed by atoms with Gasteiger partial charge in [0.1, 0.15) is 0 Å². The summed E-state index contributed by atoms with van der Waals surface area (Å²) in [5.74, 6) is 0. The van der Waals surface area contributed by atoms with Crippen LogP contribution in [-0.2, 0) is 0 Å². The molecule has 1 unspecified atom stereocenters. The lowest BCUT2D eigenvalue weighted by molar-refractivity contribution is 0.179. The number of nitrogens with two attached hydrogens (primary N) is 1. The molecule has 100 valence electrons. The molecule has 0 bridgehead atoms. The van der Waals surface area contributed by atoms with Crippen molar-refractivity contribution in [3.63, 3.8) is 0 Å². The van der Waals surface area contributed by atoms with Crippen molar-refractivity contribution in [1.29, 1.82) is 0 Å². The van der Waals surface area contributed by atoms with Gasteiger partial charge in [0.2, 0.25) is 0 Å². The summed E-state index contributed by atoms with van der Waals surface area (Å²) in [6, 6.07) is 6.55. The summed E-state index contributed by atoms with van der Waals surface area (Å²) in [7, 11) is 2.14. The standard InChI is InChI=1S/C14H20Cl2N2/c1-18(10-5-2-3-6-10)13(9-17)11-7-4-8-12(15)14(11)16/h4,7-8,10,13H,2-3,5-6,9,17H2,1H3. The Morgan fingerprint density at radius 2 is 2.00 bits per heavy atom. The summed E-state index contributed by atoms with van der Waals surface area (Å²) in [6.07, 6.45) is 5.14. The van der Waals surface area contributed by atoms with Crippen LogP contribution in [0.15, 0.2) is 18.2 Å². The molecule has 1 aliphatic rings. The Bertz CT molecular complexity index is 403. The fourth-order valence-corrected chi connectivity index (χ4v) is 3.29. The second-order valence-electron chi connectivity index (χ2n) is 5.00. The third-order valence-electron chi connectivity index (χ3n) is 3.96. The maximum Gasteiger partial charge on any atom is 0.0640 e. The Balaban J connectivity index is 2.24. The SMILES string of the molecule is CN(C1CCCC1)C(CN)c1cccc(Cl)c1Cl. The lowest BCUT2D eigenvalue weighted by Crippen LogP contribution is -2.37. The Morgan fingerprint density at radius 3 is 2.61 bits per heavy atom. The fourth-order valence-electron chi connectivity index (χ4n) is 2.86. The molecule has 4 heteroatoms. The largest absolute Gasteiger partial charge is 0.329 e. The summed E-state index contributed by atoms with van der Waals surface area (Å²) < 4.78 is 0. The summed E-state index contributed by atoms with van der Waals surface area (Å²) in [5.41, 5.74) is 6.99. The summed E-state index contributed by atoms with van der Waals surface area (Å²) in [4.78, 5) is 2.37. The van der Waals surface area contributed by atoms with Crippen LogP contribution in [0.5, 0.6) is 0 Å². The van der Waals surface area contributed by atoms with Gasteiger partial charge in [-0.1, -0.05) is 48.2 Å². The minimum absolute atomic E-state index is 0.152. The highest BCUT2D eigenvalue weighted by Crippen LogP contribution is 2.35. The van der Waals surface area contributed by atoms with Crippen molar-refractivity contribution in [1.82, 2.24) is 4.90 Å². The number of benzene rings is 1. The van der Waals surface area contributed by atoms with Crippen LogP contribution in [0, 0.1) is 0 Å². The highest BCUT2D eigenvalue weighted by molar-refractivity contribution is 6.42. The van der Waals surface area contributed by atoms with Gasteiger partial charge in [-0.25, -0.2) is 0 Å². The minimum Gasteiger partial charge on any atom is -0.329 e. The van der Waals surface area contributed by atoms with E-state index in [-0.39, 0.29) is 6.04 Å². The predicted molar refractivity (Wildman–Crippen MR) is 78.3 cm³/mol. The topological polar surface area (TPSA) is 29.3 Å². The van der Waals surface area contributed by atoms with Gasteiger partial charge in [0, 0.05) is 18.6 Å². The summed E-state index contributed by atoms with van der Waals surface area (Å²) in [5, 5.41) is 1.24. The second kappa shape index (κ2) is 6.25. The molecule has 0 spiro atoms. The van der Waals surface area contributed by atoms with Gasteiger partial charge in [0.05, 0.1) is 10.0 Å². The number of nitrogens with zero attached hydrogens (tertiary/aromatic N) is 1. The Morgan fingerprint density at radius 1 is 1.33 bits per heavy atom. The number of hydrogen-bond acceptors (Lipinski definition) is 2. The third-order valence-corrected chi connectivity index (χ3v) is 4.79. The monoisotopic (exact) mass is 286 g/mol. The van der Waals surface area contributed by atoms with E-state index in [2.05, 4.69) is 11.9 Å². The smallest absolute Gasteiger partial charge is 0.0640 e. The Kier molecular flexibility index (Phi) is 4.91. The molecule has 0 saturated heterocycles. The van der Waals surface area contributed by atoms with E-state index >= 15 is 0 Å². The maximum atomic E-state index is 6.30. The molecule has 18 heavy (non-hydrogen) atoms. The second-order valence-corrected chi connectivity index (χ2v) is 5.78. The zero-order valence-electron chi connectivity index (χ0n) is 10.7.